The Balaban J connectivity index is 1.85. The van der Waals surface area contributed by atoms with Gasteiger partial charge in [0, 0.05) is 17.3 Å². The smallest absolute Gasteiger partial charge is 0.137 e. The number of nitrogens with zero attached hydrogens (tertiary/aromatic N) is 4. The van der Waals surface area contributed by atoms with E-state index in [1.165, 1.54) is 0 Å². The SMILES string of the molecule is COc1ccc(-c2cn(Cc3cccnc3N)nn2)cc1Cl. The van der Waals surface area contributed by atoms with Gasteiger partial charge in [0.05, 0.1) is 24.9 Å². The van der Waals surface area contributed by atoms with Crippen molar-refractivity contribution < 1.29 is 4.74 Å². The van der Waals surface area contributed by atoms with Gasteiger partial charge in [-0.1, -0.05) is 22.9 Å². The number of anilines is 1. The number of methoxy groups -OCH3 is 1. The van der Waals surface area contributed by atoms with E-state index in [0.29, 0.717) is 23.1 Å². The van der Waals surface area contributed by atoms with E-state index < -0.39 is 0 Å². The standard InChI is InChI=1S/C15H14ClN5O/c1-22-14-5-4-10(7-12(14)16)13-9-21(20-19-13)8-11-3-2-6-18-15(11)17/h2-7,9H,8H2,1H3,(H2,17,18). The molecule has 0 amide bonds. The Morgan fingerprint density at radius 3 is 2.91 bits per heavy atom. The summed E-state index contributed by atoms with van der Waals surface area (Å²) < 4.78 is 6.85. The van der Waals surface area contributed by atoms with E-state index in [1.54, 1.807) is 30.1 Å². The Hall–Kier alpha value is -2.60. The highest BCUT2D eigenvalue weighted by Gasteiger charge is 2.09. The van der Waals surface area contributed by atoms with Crippen LogP contribution in [-0.4, -0.2) is 27.1 Å². The van der Waals surface area contributed by atoms with Crippen molar-refractivity contribution in [1.29, 1.82) is 0 Å². The molecular formula is C15H14ClN5O. The molecule has 0 saturated heterocycles. The van der Waals surface area contributed by atoms with E-state index in [2.05, 4.69) is 15.3 Å². The van der Waals surface area contributed by atoms with E-state index in [9.17, 15) is 0 Å². The first-order chi connectivity index (χ1) is 10.7. The number of nitrogens with two attached hydrogens (primary N) is 1. The summed E-state index contributed by atoms with van der Waals surface area (Å²) in [5.41, 5.74) is 8.33. The molecule has 3 rings (SSSR count). The fourth-order valence-corrected chi connectivity index (χ4v) is 2.35. The summed E-state index contributed by atoms with van der Waals surface area (Å²) in [4.78, 5) is 4.06. The van der Waals surface area contributed by atoms with E-state index >= 15 is 0 Å². The molecule has 0 spiro atoms. The highest BCUT2D eigenvalue weighted by atomic mass is 35.5. The first kappa shape index (κ1) is 14.3. The van der Waals surface area contributed by atoms with E-state index in [0.717, 1.165) is 16.8 Å². The molecule has 0 aliphatic rings. The van der Waals surface area contributed by atoms with Crippen LogP contribution >= 0.6 is 11.6 Å². The minimum absolute atomic E-state index is 0.493. The van der Waals surface area contributed by atoms with E-state index in [1.807, 2.05) is 24.4 Å². The summed E-state index contributed by atoms with van der Waals surface area (Å²) in [7, 11) is 1.58. The zero-order chi connectivity index (χ0) is 15.5. The molecule has 2 aromatic heterocycles. The molecule has 1 aromatic carbocycles. The second-order valence-corrected chi connectivity index (χ2v) is 5.11. The van der Waals surface area contributed by atoms with Gasteiger partial charge in [-0.3, -0.25) is 0 Å². The fraction of sp³-hybridized carbons (Fsp3) is 0.133. The van der Waals surface area contributed by atoms with Crippen LogP contribution in [0.1, 0.15) is 5.56 Å². The highest BCUT2D eigenvalue weighted by molar-refractivity contribution is 6.32. The number of nitrogen functional groups attached to an aromatic ring is 1. The van der Waals surface area contributed by atoms with Crippen LogP contribution in [0.3, 0.4) is 0 Å². The molecule has 2 N–H and O–H groups in total. The van der Waals surface area contributed by atoms with Gasteiger partial charge in [0.2, 0.25) is 0 Å². The molecule has 0 bridgehead atoms. The maximum absolute atomic E-state index is 6.13. The third-order valence-electron chi connectivity index (χ3n) is 3.24. The van der Waals surface area contributed by atoms with Gasteiger partial charge < -0.3 is 10.5 Å². The summed E-state index contributed by atoms with van der Waals surface area (Å²) in [5.74, 6) is 1.12. The predicted octanol–water partition coefficient (Wildman–Crippen LogP) is 2.63. The molecule has 0 atom stereocenters. The molecule has 0 unspecified atom stereocenters. The van der Waals surface area contributed by atoms with Gasteiger partial charge >= 0.3 is 0 Å². The lowest BCUT2D eigenvalue weighted by Gasteiger charge is -2.04. The van der Waals surface area contributed by atoms with Crippen LogP contribution in [0.4, 0.5) is 5.82 Å². The van der Waals surface area contributed by atoms with Crippen molar-refractivity contribution in [2.45, 2.75) is 6.54 Å². The summed E-state index contributed by atoms with van der Waals surface area (Å²) in [6.45, 7) is 0.510. The molecule has 0 radical (unpaired) electrons. The predicted molar refractivity (Wildman–Crippen MR) is 84.8 cm³/mol. The number of aromatic nitrogens is 4. The van der Waals surface area contributed by atoms with E-state index in [4.69, 9.17) is 22.1 Å². The normalized spacial score (nSPS) is 10.6. The number of halogens is 1. The van der Waals surface area contributed by atoms with Gasteiger partial charge in [0.25, 0.3) is 0 Å². The average molecular weight is 316 g/mol. The molecular weight excluding hydrogens is 302 g/mol. The first-order valence-electron chi connectivity index (χ1n) is 6.61. The Morgan fingerprint density at radius 1 is 1.32 bits per heavy atom. The van der Waals surface area contributed by atoms with Crippen LogP contribution < -0.4 is 10.5 Å². The Labute approximate surface area is 132 Å². The van der Waals surface area contributed by atoms with Gasteiger partial charge in [-0.2, -0.15) is 0 Å². The number of hydrogen-bond donors (Lipinski definition) is 1. The van der Waals surface area contributed by atoms with Crippen LogP contribution in [0.5, 0.6) is 5.75 Å². The monoisotopic (exact) mass is 315 g/mol. The third-order valence-corrected chi connectivity index (χ3v) is 3.54. The molecule has 0 fully saturated rings. The summed E-state index contributed by atoms with van der Waals surface area (Å²) in [6.07, 6.45) is 3.50. The number of rotatable bonds is 4. The number of benzene rings is 1. The lowest BCUT2D eigenvalue weighted by molar-refractivity contribution is 0.415. The van der Waals surface area contributed by atoms with Gasteiger partial charge in [-0.25, -0.2) is 9.67 Å². The Morgan fingerprint density at radius 2 is 2.18 bits per heavy atom. The molecule has 0 saturated carbocycles. The van der Waals surface area contributed by atoms with Gasteiger partial charge in [0.1, 0.15) is 17.3 Å². The summed E-state index contributed by atoms with van der Waals surface area (Å²) >= 11 is 6.13. The molecule has 6 nitrogen and oxygen atoms in total. The van der Waals surface area contributed by atoms with Crippen molar-refractivity contribution >= 4 is 17.4 Å². The number of pyridine rings is 1. The van der Waals surface area contributed by atoms with Crippen molar-refractivity contribution in [3.63, 3.8) is 0 Å². The Kier molecular flexibility index (Phi) is 3.93. The van der Waals surface area contributed by atoms with Crippen LogP contribution in [0.25, 0.3) is 11.3 Å². The van der Waals surface area contributed by atoms with Gasteiger partial charge in [-0.15, -0.1) is 5.10 Å². The van der Waals surface area contributed by atoms with Crippen molar-refractivity contribution in [3.05, 3.63) is 53.3 Å². The average Bonchev–Trinajstić information content (AvgIpc) is 2.98. The molecule has 112 valence electrons. The van der Waals surface area contributed by atoms with Crippen molar-refractivity contribution in [2.75, 3.05) is 12.8 Å². The van der Waals surface area contributed by atoms with Crippen LogP contribution in [0.15, 0.2) is 42.7 Å². The van der Waals surface area contributed by atoms with Gasteiger partial charge in [-0.05, 0) is 24.3 Å². The zero-order valence-electron chi connectivity index (χ0n) is 11.9. The summed E-state index contributed by atoms with van der Waals surface area (Å²) in [6, 6.07) is 9.24. The fourth-order valence-electron chi connectivity index (χ4n) is 2.09. The lowest BCUT2D eigenvalue weighted by Crippen LogP contribution is -2.04. The molecule has 2 heterocycles. The van der Waals surface area contributed by atoms with Gasteiger partial charge in [0.15, 0.2) is 0 Å². The van der Waals surface area contributed by atoms with Crippen molar-refractivity contribution in [1.82, 2.24) is 20.0 Å². The zero-order valence-corrected chi connectivity index (χ0v) is 12.7. The lowest BCUT2D eigenvalue weighted by atomic mass is 10.1. The van der Waals surface area contributed by atoms with Crippen LogP contribution in [0.2, 0.25) is 5.02 Å². The van der Waals surface area contributed by atoms with Crippen molar-refractivity contribution in [2.24, 2.45) is 0 Å². The minimum Gasteiger partial charge on any atom is -0.495 e. The maximum atomic E-state index is 6.13. The summed E-state index contributed by atoms with van der Waals surface area (Å²) in [5, 5.41) is 8.80. The van der Waals surface area contributed by atoms with Crippen LogP contribution in [0, 0.1) is 0 Å². The molecule has 0 aliphatic heterocycles. The molecule has 7 heteroatoms. The molecule has 0 aliphatic carbocycles. The first-order valence-corrected chi connectivity index (χ1v) is 6.98. The van der Waals surface area contributed by atoms with Crippen molar-refractivity contribution in [3.8, 4) is 17.0 Å². The Bertz CT molecular complexity index is 802. The number of ether oxygens (including phenoxy) is 1. The van der Waals surface area contributed by atoms with E-state index in [-0.39, 0.29) is 0 Å². The van der Waals surface area contributed by atoms with Crippen LogP contribution in [-0.2, 0) is 6.54 Å². The highest BCUT2D eigenvalue weighted by Crippen LogP contribution is 2.29. The quantitative estimate of drug-likeness (QED) is 0.800. The maximum Gasteiger partial charge on any atom is 0.137 e. The third kappa shape index (κ3) is 2.87. The topological polar surface area (TPSA) is 78.9 Å². The second kappa shape index (κ2) is 6.03. The largest absolute Gasteiger partial charge is 0.495 e. The molecule has 22 heavy (non-hydrogen) atoms. The second-order valence-electron chi connectivity index (χ2n) is 4.70. The number of hydrogen-bond acceptors (Lipinski definition) is 5. The molecule has 3 aromatic rings. The minimum atomic E-state index is 0.493.